The number of nitrogens with zero attached hydrogens (tertiary/aromatic N) is 2. The number of thiazole rings is 1. The molecule has 8 nitrogen and oxygen atoms in total. The maximum atomic E-state index is 13.6. The van der Waals surface area contributed by atoms with Gasteiger partial charge in [0.2, 0.25) is 0 Å². The number of ether oxygens (including phenoxy) is 3. The fourth-order valence-electron chi connectivity index (χ4n) is 3.91. The summed E-state index contributed by atoms with van der Waals surface area (Å²) in [5.41, 5.74) is 2.04. The number of allylic oxidation sites excluding steroid dienone is 1. The van der Waals surface area contributed by atoms with Gasteiger partial charge in [-0.05, 0) is 62.2 Å². The summed E-state index contributed by atoms with van der Waals surface area (Å²) in [6.07, 6.45) is 1.42. The zero-order valence-corrected chi connectivity index (χ0v) is 21.4. The van der Waals surface area contributed by atoms with Crippen LogP contribution in [0.3, 0.4) is 0 Å². The molecule has 0 radical (unpaired) electrons. The number of methoxy groups -OCH3 is 1. The topological polar surface area (TPSA) is 96.2 Å². The van der Waals surface area contributed by atoms with E-state index in [1.165, 1.54) is 22.8 Å². The first-order valence-electron chi connectivity index (χ1n) is 11.3. The Labute approximate surface area is 211 Å². The highest BCUT2D eigenvalue weighted by Gasteiger charge is 2.33. The number of carbonyl (C=O) groups excluding carboxylic acids is 2. The second-order valence-corrected chi connectivity index (χ2v) is 9.48. The number of rotatable bonds is 6. The molecule has 1 aromatic heterocycles. The second-order valence-electron chi connectivity index (χ2n) is 8.47. The van der Waals surface area contributed by atoms with Crippen molar-refractivity contribution in [2.24, 2.45) is 4.99 Å². The first kappa shape index (κ1) is 25.1. The summed E-state index contributed by atoms with van der Waals surface area (Å²) in [5.74, 6) is 0.166. The smallest absolute Gasteiger partial charge is 0.338 e. The van der Waals surface area contributed by atoms with E-state index >= 15 is 0 Å². The Balaban J connectivity index is 1.85. The van der Waals surface area contributed by atoms with Gasteiger partial charge in [-0.15, -0.1) is 0 Å². The minimum atomic E-state index is -0.702. The van der Waals surface area contributed by atoms with E-state index in [9.17, 15) is 14.4 Å². The average Bonchev–Trinajstić information content (AvgIpc) is 3.13. The van der Waals surface area contributed by atoms with Crippen LogP contribution in [0.25, 0.3) is 6.08 Å². The largest absolute Gasteiger partial charge is 0.497 e. The summed E-state index contributed by atoms with van der Waals surface area (Å²) in [6.45, 7) is 6.63. The number of aromatic nitrogens is 1. The van der Waals surface area contributed by atoms with Gasteiger partial charge in [0.1, 0.15) is 11.5 Å². The van der Waals surface area contributed by atoms with Gasteiger partial charge in [-0.25, -0.2) is 9.79 Å². The monoisotopic (exact) mass is 506 g/mol. The van der Waals surface area contributed by atoms with Crippen molar-refractivity contribution in [3.05, 3.63) is 90.6 Å². The van der Waals surface area contributed by atoms with E-state index in [1.54, 1.807) is 70.4 Å². The third-order valence-electron chi connectivity index (χ3n) is 5.46. The SMILES string of the molecule is COc1ccc(C2C(C(=O)OC(C)C)=C(C)N=c3s/c(=C\c4ccc(OC(C)=O)cc4)c(=O)n32)cc1. The summed E-state index contributed by atoms with van der Waals surface area (Å²) in [4.78, 5) is 43.0. The fraction of sp³-hybridized carbons (Fsp3) is 0.259. The average molecular weight is 507 g/mol. The van der Waals surface area contributed by atoms with Crippen molar-refractivity contribution in [2.45, 2.75) is 39.8 Å². The van der Waals surface area contributed by atoms with Crippen molar-refractivity contribution >= 4 is 29.4 Å². The summed E-state index contributed by atoms with van der Waals surface area (Å²) in [5, 5.41) is 0. The van der Waals surface area contributed by atoms with Gasteiger partial charge >= 0.3 is 11.9 Å². The number of carbonyl (C=O) groups is 2. The lowest BCUT2D eigenvalue weighted by Gasteiger charge is -2.25. The Morgan fingerprint density at radius 2 is 1.69 bits per heavy atom. The van der Waals surface area contributed by atoms with Crippen molar-refractivity contribution in [3.8, 4) is 11.5 Å². The number of fused-ring (bicyclic) bond motifs is 1. The predicted molar refractivity (Wildman–Crippen MR) is 136 cm³/mol. The minimum Gasteiger partial charge on any atom is -0.497 e. The van der Waals surface area contributed by atoms with Crippen molar-refractivity contribution in [3.63, 3.8) is 0 Å². The molecule has 2 heterocycles. The van der Waals surface area contributed by atoms with Gasteiger partial charge < -0.3 is 14.2 Å². The molecular formula is C27H26N2O6S. The van der Waals surface area contributed by atoms with Gasteiger partial charge in [0, 0.05) is 6.92 Å². The normalized spacial score (nSPS) is 15.4. The molecule has 1 aliphatic heterocycles. The fourth-order valence-corrected chi connectivity index (χ4v) is 4.96. The summed E-state index contributed by atoms with van der Waals surface area (Å²) < 4.78 is 17.9. The second kappa shape index (κ2) is 10.3. The first-order chi connectivity index (χ1) is 17.2. The molecule has 0 spiro atoms. The van der Waals surface area contributed by atoms with E-state index in [-0.39, 0.29) is 11.7 Å². The highest BCUT2D eigenvalue weighted by molar-refractivity contribution is 7.07. The van der Waals surface area contributed by atoms with Gasteiger partial charge in [-0.1, -0.05) is 35.6 Å². The van der Waals surface area contributed by atoms with Crippen LogP contribution in [-0.2, 0) is 14.3 Å². The maximum absolute atomic E-state index is 13.6. The molecule has 9 heteroatoms. The molecule has 0 saturated heterocycles. The Morgan fingerprint density at radius 3 is 2.28 bits per heavy atom. The lowest BCUT2D eigenvalue weighted by Crippen LogP contribution is -2.40. The van der Waals surface area contributed by atoms with Crippen molar-refractivity contribution in [2.75, 3.05) is 7.11 Å². The van der Waals surface area contributed by atoms with E-state index in [0.717, 1.165) is 11.1 Å². The molecule has 0 fully saturated rings. The van der Waals surface area contributed by atoms with Gasteiger partial charge in [0.15, 0.2) is 4.80 Å². The molecule has 0 N–H and O–H groups in total. The molecule has 0 bridgehead atoms. The van der Waals surface area contributed by atoms with Crippen molar-refractivity contribution < 1.29 is 23.8 Å². The molecule has 1 aliphatic rings. The molecule has 4 rings (SSSR count). The molecule has 36 heavy (non-hydrogen) atoms. The number of hydrogen-bond donors (Lipinski definition) is 0. The molecular weight excluding hydrogens is 480 g/mol. The number of esters is 2. The van der Waals surface area contributed by atoms with Crippen LogP contribution in [0.4, 0.5) is 0 Å². The summed E-state index contributed by atoms with van der Waals surface area (Å²) >= 11 is 1.24. The molecule has 1 atom stereocenters. The van der Waals surface area contributed by atoms with Crippen LogP contribution in [0, 0.1) is 0 Å². The van der Waals surface area contributed by atoms with E-state index in [0.29, 0.717) is 32.1 Å². The molecule has 1 unspecified atom stereocenters. The zero-order chi connectivity index (χ0) is 26.0. The Morgan fingerprint density at radius 1 is 1.06 bits per heavy atom. The third-order valence-corrected chi connectivity index (χ3v) is 6.44. The Hall–Kier alpha value is -3.98. The summed E-state index contributed by atoms with van der Waals surface area (Å²) in [6, 6.07) is 13.4. The molecule has 3 aromatic rings. The lowest BCUT2D eigenvalue weighted by molar-refractivity contribution is -0.143. The van der Waals surface area contributed by atoms with Crippen molar-refractivity contribution in [1.82, 2.24) is 4.57 Å². The van der Waals surface area contributed by atoms with E-state index in [1.807, 2.05) is 12.1 Å². The lowest BCUT2D eigenvalue weighted by atomic mass is 9.96. The summed E-state index contributed by atoms with van der Waals surface area (Å²) in [7, 11) is 1.58. The molecule has 0 aliphatic carbocycles. The van der Waals surface area contributed by atoms with Gasteiger partial charge in [0.05, 0.1) is 35.1 Å². The highest BCUT2D eigenvalue weighted by atomic mass is 32.1. The molecule has 0 amide bonds. The van der Waals surface area contributed by atoms with Crippen LogP contribution in [0.2, 0.25) is 0 Å². The van der Waals surface area contributed by atoms with Crippen LogP contribution < -0.4 is 24.4 Å². The highest BCUT2D eigenvalue weighted by Crippen LogP contribution is 2.31. The van der Waals surface area contributed by atoms with Gasteiger partial charge in [-0.2, -0.15) is 0 Å². The van der Waals surface area contributed by atoms with E-state index < -0.39 is 18.0 Å². The van der Waals surface area contributed by atoms with Crippen LogP contribution in [0.1, 0.15) is 44.9 Å². The first-order valence-corrected chi connectivity index (χ1v) is 12.2. The predicted octanol–water partition coefficient (Wildman–Crippen LogP) is 3.12. The van der Waals surface area contributed by atoms with Crippen LogP contribution in [0.5, 0.6) is 11.5 Å². The van der Waals surface area contributed by atoms with E-state index in [4.69, 9.17) is 14.2 Å². The molecule has 186 valence electrons. The third kappa shape index (κ3) is 5.16. The van der Waals surface area contributed by atoms with Crippen LogP contribution in [0.15, 0.2) is 69.6 Å². The van der Waals surface area contributed by atoms with Gasteiger partial charge in [0.25, 0.3) is 5.56 Å². The Bertz CT molecular complexity index is 1510. The van der Waals surface area contributed by atoms with Crippen molar-refractivity contribution in [1.29, 1.82) is 0 Å². The quantitative estimate of drug-likeness (QED) is 0.377. The zero-order valence-electron chi connectivity index (χ0n) is 20.6. The van der Waals surface area contributed by atoms with Gasteiger partial charge in [-0.3, -0.25) is 14.2 Å². The van der Waals surface area contributed by atoms with E-state index in [2.05, 4.69) is 4.99 Å². The number of benzene rings is 2. The maximum Gasteiger partial charge on any atom is 0.338 e. The van der Waals surface area contributed by atoms with Crippen LogP contribution >= 0.6 is 11.3 Å². The number of hydrogen-bond acceptors (Lipinski definition) is 8. The Kier molecular flexibility index (Phi) is 7.21. The standard InChI is InChI=1S/C27H26N2O6S/c1-15(2)34-26(32)23-16(3)28-27-29(24(23)19-8-12-20(33-5)13-9-19)25(31)22(36-27)14-18-6-10-21(11-7-18)35-17(4)30/h6-15,24H,1-5H3/b22-14-. The molecule has 0 saturated carbocycles. The minimum absolute atomic E-state index is 0.272. The van der Waals surface area contributed by atoms with Crippen LogP contribution in [-0.4, -0.2) is 29.7 Å². The molecule has 2 aromatic carbocycles.